The Morgan fingerprint density at radius 1 is 1.58 bits per heavy atom. The number of aromatic nitrogens is 2. The van der Waals surface area contributed by atoms with Crippen molar-refractivity contribution in [2.75, 3.05) is 19.6 Å². The second-order valence-electron chi connectivity index (χ2n) is 4.66. The van der Waals surface area contributed by atoms with E-state index in [1.54, 1.807) is 16.7 Å². The Balaban J connectivity index is 0.00000133. The predicted octanol–water partition coefficient (Wildman–Crippen LogP) is 0.971. The molecule has 2 aromatic rings. The summed E-state index contributed by atoms with van der Waals surface area (Å²) < 4.78 is 1.59. The monoisotopic (exact) mass is 300 g/mol. The lowest BCUT2D eigenvalue weighted by Gasteiger charge is -2.33. The molecule has 19 heavy (non-hydrogen) atoms. The van der Waals surface area contributed by atoms with Crippen molar-refractivity contribution in [2.45, 2.75) is 19.5 Å². The lowest BCUT2D eigenvalue weighted by Crippen LogP contribution is -2.49. The third-order valence-electron chi connectivity index (χ3n) is 3.36. The van der Waals surface area contributed by atoms with Crippen molar-refractivity contribution in [3.63, 3.8) is 0 Å². The fourth-order valence-corrected chi connectivity index (χ4v) is 3.03. The number of rotatable bonds is 2. The molecule has 1 aliphatic heterocycles. The van der Waals surface area contributed by atoms with Crippen molar-refractivity contribution >= 4 is 28.7 Å². The average Bonchev–Trinajstić information content (AvgIpc) is 2.81. The van der Waals surface area contributed by atoms with Crippen molar-refractivity contribution in [2.24, 2.45) is 0 Å². The molecular formula is C12H17ClN4OS. The third-order valence-corrected chi connectivity index (χ3v) is 4.12. The Labute approximate surface area is 121 Å². The average molecular weight is 301 g/mol. The van der Waals surface area contributed by atoms with E-state index >= 15 is 0 Å². The number of thiazole rings is 1. The smallest absolute Gasteiger partial charge is 0.258 e. The van der Waals surface area contributed by atoms with Crippen LogP contribution in [-0.2, 0) is 6.54 Å². The quantitative estimate of drug-likeness (QED) is 0.898. The van der Waals surface area contributed by atoms with Gasteiger partial charge >= 0.3 is 0 Å². The molecule has 0 spiro atoms. The minimum absolute atomic E-state index is 0. The highest BCUT2D eigenvalue weighted by Crippen LogP contribution is 2.10. The molecule has 1 fully saturated rings. The zero-order chi connectivity index (χ0) is 12.5. The molecule has 0 amide bonds. The first-order valence-corrected chi connectivity index (χ1v) is 7.02. The molecule has 1 aliphatic rings. The molecule has 1 N–H and O–H groups in total. The molecule has 0 aliphatic carbocycles. The number of hydrogen-bond donors (Lipinski definition) is 1. The van der Waals surface area contributed by atoms with E-state index in [4.69, 9.17) is 0 Å². The van der Waals surface area contributed by atoms with Gasteiger partial charge in [0.1, 0.15) is 0 Å². The van der Waals surface area contributed by atoms with E-state index in [9.17, 15) is 4.79 Å². The summed E-state index contributed by atoms with van der Waals surface area (Å²) in [6.07, 6.45) is 1.77. The van der Waals surface area contributed by atoms with E-state index in [-0.39, 0.29) is 18.0 Å². The molecule has 5 nitrogen and oxygen atoms in total. The van der Waals surface area contributed by atoms with Crippen LogP contribution in [0, 0.1) is 0 Å². The Morgan fingerprint density at radius 3 is 3.21 bits per heavy atom. The SMILES string of the molecule is C[C@H]1CNCCN1Cc1cc(=O)n2ccsc2n1.Cl. The third kappa shape index (κ3) is 2.97. The number of nitrogens with zero attached hydrogens (tertiary/aromatic N) is 3. The molecule has 7 heteroatoms. The predicted molar refractivity (Wildman–Crippen MR) is 79.3 cm³/mol. The maximum Gasteiger partial charge on any atom is 0.258 e. The van der Waals surface area contributed by atoms with Gasteiger partial charge in [0.15, 0.2) is 4.96 Å². The zero-order valence-corrected chi connectivity index (χ0v) is 12.3. The van der Waals surface area contributed by atoms with E-state index in [0.29, 0.717) is 6.04 Å². The van der Waals surface area contributed by atoms with Crippen molar-refractivity contribution in [1.29, 1.82) is 0 Å². The number of piperazine rings is 1. The van der Waals surface area contributed by atoms with E-state index in [2.05, 4.69) is 22.1 Å². The van der Waals surface area contributed by atoms with Crippen molar-refractivity contribution in [3.05, 3.63) is 33.7 Å². The van der Waals surface area contributed by atoms with Crippen LogP contribution in [0.4, 0.5) is 0 Å². The summed E-state index contributed by atoms with van der Waals surface area (Å²) in [6, 6.07) is 2.14. The van der Waals surface area contributed by atoms with Gasteiger partial charge in [-0.15, -0.1) is 23.7 Å². The summed E-state index contributed by atoms with van der Waals surface area (Å²) in [5.41, 5.74) is 0.884. The first-order valence-electron chi connectivity index (χ1n) is 6.14. The molecule has 0 bridgehead atoms. The van der Waals surface area contributed by atoms with Crippen LogP contribution in [0.2, 0.25) is 0 Å². The van der Waals surface area contributed by atoms with Gasteiger partial charge in [-0.3, -0.25) is 14.1 Å². The fourth-order valence-electron chi connectivity index (χ4n) is 2.29. The molecule has 0 aromatic carbocycles. The highest BCUT2D eigenvalue weighted by atomic mass is 35.5. The van der Waals surface area contributed by atoms with Gasteiger partial charge < -0.3 is 5.32 Å². The zero-order valence-electron chi connectivity index (χ0n) is 10.7. The normalized spacial score (nSPS) is 20.4. The van der Waals surface area contributed by atoms with Crippen molar-refractivity contribution < 1.29 is 0 Å². The van der Waals surface area contributed by atoms with Crippen molar-refractivity contribution in [1.82, 2.24) is 19.6 Å². The van der Waals surface area contributed by atoms with E-state index in [0.717, 1.165) is 36.8 Å². The van der Waals surface area contributed by atoms with Crippen LogP contribution in [0.1, 0.15) is 12.6 Å². The van der Waals surface area contributed by atoms with Gasteiger partial charge in [-0.25, -0.2) is 4.98 Å². The molecule has 3 heterocycles. The summed E-state index contributed by atoms with van der Waals surface area (Å²) in [7, 11) is 0. The van der Waals surface area contributed by atoms with Gasteiger partial charge in [-0.2, -0.15) is 0 Å². The first kappa shape index (κ1) is 14.5. The van der Waals surface area contributed by atoms with Crippen LogP contribution < -0.4 is 10.9 Å². The maximum absolute atomic E-state index is 11.9. The van der Waals surface area contributed by atoms with Crippen LogP contribution in [0.5, 0.6) is 0 Å². The molecule has 1 saturated heterocycles. The topological polar surface area (TPSA) is 49.6 Å². The molecule has 3 rings (SSSR count). The number of nitrogens with one attached hydrogen (secondary N) is 1. The first-order chi connectivity index (χ1) is 8.74. The molecule has 0 radical (unpaired) electrons. The minimum Gasteiger partial charge on any atom is -0.314 e. The van der Waals surface area contributed by atoms with Gasteiger partial charge in [0, 0.05) is 49.9 Å². The Hall–Kier alpha value is -0.950. The van der Waals surface area contributed by atoms with Crippen molar-refractivity contribution in [3.8, 4) is 0 Å². The number of hydrogen-bond acceptors (Lipinski definition) is 5. The molecule has 0 saturated carbocycles. The largest absolute Gasteiger partial charge is 0.314 e. The molecular weight excluding hydrogens is 284 g/mol. The molecule has 1 atom stereocenters. The lowest BCUT2D eigenvalue weighted by molar-refractivity contribution is 0.164. The number of halogens is 1. The summed E-state index contributed by atoms with van der Waals surface area (Å²) in [6.45, 7) is 5.96. The molecule has 2 aromatic heterocycles. The minimum atomic E-state index is 0. The summed E-state index contributed by atoms with van der Waals surface area (Å²) in [5.74, 6) is 0. The summed E-state index contributed by atoms with van der Waals surface area (Å²) in [5, 5.41) is 5.25. The van der Waals surface area contributed by atoms with Crippen LogP contribution in [0.25, 0.3) is 4.96 Å². The van der Waals surface area contributed by atoms with Gasteiger partial charge in [-0.1, -0.05) is 0 Å². The van der Waals surface area contributed by atoms with E-state index in [1.807, 2.05) is 5.38 Å². The Kier molecular flexibility index (Phi) is 4.57. The van der Waals surface area contributed by atoms with E-state index < -0.39 is 0 Å². The van der Waals surface area contributed by atoms with E-state index in [1.165, 1.54) is 11.3 Å². The summed E-state index contributed by atoms with van der Waals surface area (Å²) in [4.78, 5) is 19.6. The highest BCUT2D eigenvalue weighted by Gasteiger charge is 2.18. The molecule has 104 valence electrons. The van der Waals surface area contributed by atoms with Crippen LogP contribution >= 0.6 is 23.7 Å². The second kappa shape index (κ2) is 6.00. The van der Waals surface area contributed by atoms with Gasteiger partial charge in [0.05, 0.1) is 5.69 Å². The number of fused-ring (bicyclic) bond motifs is 1. The Bertz CT molecular complexity index is 611. The fraction of sp³-hybridized carbons (Fsp3) is 0.500. The lowest BCUT2D eigenvalue weighted by atomic mass is 10.2. The molecule has 0 unspecified atom stereocenters. The summed E-state index contributed by atoms with van der Waals surface area (Å²) >= 11 is 1.50. The Morgan fingerprint density at radius 2 is 2.42 bits per heavy atom. The van der Waals surface area contributed by atoms with Gasteiger partial charge in [0.2, 0.25) is 0 Å². The highest BCUT2D eigenvalue weighted by molar-refractivity contribution is 7.15. The van der Waals surface area contributed by atoms with Crippen LogP contribution in [0.15, 0.2) is 22.4 Å². The standard InChI is InChI=1S/C12H16N4OS.ClH/c1-9-7-13-2-3-15(9)8-10-6-11(17)16-4-5-18-12(16)14-10;/h4-6,9,13H,2-3,7-8H2,1H3;1H/t9-;/m0./s1. The van der Waals surface area contributed by atoms with Crippen LogP contribution in [0.3, 0.4) is 0 Å². The van der Waals surface area contributed by atoms with Crippen LogP contribution in [-0.4, -0.2) is 40.0 Å². The second-order valence-corrected chi connectivity index (χ2v) is 5.54. The van der Waals surface area contributed by atoms with Gasteiger partial charge in [-0.05, 0) is 6.92 Å². The van der Waals surface area contributed by atoms with Gasteiger partial charge in [0.25, 0.3) is 5.56 Å². The maximum atomic E-state index is 11.9.